The molecular formula is C12H10N2O3. The Morgan fingerprint density at radius 2 is 1.82 bits per heavy atom. The molecule has 1 aromatic carbocycles. The number of aliphatic carboxylic acids is 1. The van der Waals surface area contributed by atoms with Crippen LogP contribution in [0, 0.1) is 0 Å². The minimum Gasteiger partial charge on any atom is -0.478 e. The molecule has 1 atom stereocenters. The molecule has 0 aliphatic rings. The number of nitrogens with zero attached hydrogens (tertiary/aromatic N) is 2. The molecule has 0 aliphatic carbocycles. The highest BCUT2D eigenvalue weighted by molar-refractivity contribution is 5.74. The first-order chi connectivity index (χ1) is 8.27. The Balaban J connectivity index is 2.23. The standard InChI is InChI=1S/C12H10N2O3/c15-12(16)11(9-6-13-8-14-7-9)17-10-4-2-1-3-5-10/h1-8,11H,(H,15,16). The van der Waals surface area contributed by atoms with Gasteiger partial charge in [0.1, 0.15) is 12.1 Å². The van der Waals surface area contributed by atoms with E-state index in [1.165, 1.54) is 18.7 Å². The first kappa shape index (κ1) is 11.1. The Morgan fingerprint density at radius 3 is 2.41 bits per heavy atom. The highest BCUT2D eigenvalue weighted by atomic mass is 16.5. The van der Waals surface area contributed by atoms with Crippen LogP contribution in [0.2, 0.25) is 0 Å². The lowest BCUT2D eigenvalue weighted by molar-refractivity contribution is -0.145. The van der Waals surface area contributed by atoms with E-state index in [1.807, 2.05) is 6.07 Å². The van der Waals surface area contributed by atoms with Crippen molar-refractivity contribution >= 4 is 5.97 Å². The third kappa shape index (κ3) is 2.78. The van der Waals surface area contributed by atoms with Gasteiger partial charge in [0, 0.05) is 18.0 Å². The van der Waals surface area contributed by atoms with Gasteiger partial charge >= 0.3 is 5.97 Å². The van der Waals surface area contributed by atoms with Crippen LogP contribution in [0.3, 0.4) is 0 Å². The summed E-state index contributed by atoms with van der Waals surface area (Å²) in [5.74, 6) is -0.590. The van der Waals surface area contributed by atoms with Gasteiger partial charge in [0.2, 0.25) is 6.10 Å². The average molecular weight is 230 g/mol. The fraction of sp³-hybridized carbons (Fsp3) is 0.0833. The first-order valence-corrected chi connectivity index (χ1v) is 4.97. The van der Waals surface area contributed by atoms with Gasteiger partial charge in [-0.3, -0.25) is 0 Å². The molecule has 5 heteroatoms. The van der Waals surface area contributed by atoms with E-state index in [1.54, 1.807) is 24.3 Å². The van der Waals surface area contributed by atoms with Crippen molar-refractivity contribution in [1.29, 1.82) is 0 Å². The summed E-state index contributed by atoms with van der Waals surface area (Å²) >= 11 is 0. The molecule has 0 saturated heterocycles. The van der Waals surface area contributed by atoms with Crippen LogP contribution < -0.4 is 4.74 Å². The highest BCUT2D eigenvalue weighted by Gasteiger charge is 2.22. The Labute approximate surface area is 97.7 Å². The van der Waals surface area contributed by atoms with E-state index in [4.69, 9.17) is 9.84 Å². The smallest absolute Gasteiger partial charge is 0.349 e. The summed E-state index contributed by atoms with van der Waals surface area (Å²) in [6, 6.07) is 8.76. The maximum atomic E-state index is 11.1. The lowest BCUT2D eigenvalue weighted by Crippen LogP contribution is -2.18. The lowest BCUT2D eigenvalue weighted by Gasteiger charge is -2.14. The molecular weight excluding hydrogens is 220 g/mol. The van der Waals surface area contributed by atoms with Crippen molar-refractivity contribution in [1.82, 2.24) is 9.97 Å². The van der Waals surface area contributed by atoms with Crippen molar-refractivity contribution in [2.24, 2.45) is 0 Å². The molecule has 1 unspecified atom stereocenters. The number of carbonyl (C=O) groups is 1. The molecule has 1 heterocycles. The largest absolute Gasteiger partial charge is 0.478 e. The van der Waals surface area contributed by atoms with Crippen LogP contribution in [0.15, 0.2) is 49.1 Å². The Kier molecular flexibility index (Phi) is 3.30. The van der Waals surface area contributed by atoms with E-state index < -0.39 is 12.1 Å². The maximum Gasteiger partial charge on any atom is 0.349 e. The second-order valence-electron chi connectivity index (χ2n) is 3.32. The molecule has 1 N–H and O–H groups in total. The molecule has 0 saturated carbocycles. The Morgan fingerprint density at radius 1 is 1.18 bits per heavy atom. The van der Waals surface area contributed by atoms with E-state index in [9.17, 15) is 4.79 Å². The predicted molar refractivity (Wildman–Crippen MR) is 59.5 cm³/mol. The average Bonchev–Trinajstić information content (AvgIpc) is 2.38. The summed E-state index contributed by atoms with van der Waals surface area (Å²) in [6.07, 6.45) is 3.09. The predicted octanol–water partition coefficient (Wildman–Crippen LogP) is 1.68. The molecule has 0 amide bonds. The number of rotatable bonds is 4. The van der Waals surface area contributed by atoms with E-state index in [0.717, 1.165) is 0 Å². The van der Waals surface area contributed by atoms with Gasteiger partial charge in [0.25, 0.3) is 0 Å². The van der Waals surface area contributed by atoms with E-state index in [2.05, 4.69) is 9.97 Å². The van der Waals surface area contributed by atoms with Gasteiger partial charge in [0.05, 0.1) is 0 Å². The molecule has 17 heavy (non-hydrogen) atoms. The zero-order valence-corrected chi connectivity index (χ0v) is 8.85. The lowest BCUT2D eigenvalue weighted by atomic mass is 10.2. The quantitative estimate of drug-likeness (QED) is 0.865. The van der Waals surface area contributed by atoms with Crippen LogP contribution in [0.4, 0.5) is 0 Å². The molecule has 0 fully saturated rings. The highest BCUT2D eigenvalue weighted by Crippen LogP contribution is 2.20. The monoisotopic (exact) mass is 230 g/mol. The van der Waals surface area contributed by atoms with E-state index in [0.29, 0.717) is 11.3 Å². The fourth-order valence-electron chi connectivity index (χ4n) is 1.34. The number of para-hydroxylation sites is 1. The van der Waals surface area contributed by atoms with E-state index in [-0.39, 0.29) is 0 Å². The van der Waals surface area contributed by atoms with E-state index >= 15 is 0 Å². The summed E-state index contributed by atoms with van der Waals surface area (Å²) in [5.41, 5.74) is 0.406. The van der Waals surface area contributed by atoms with Crippen molar-refractivity contribution in [3.8, 4) is 5.75 Å². The normalized spacial score (nSPS) is 11.8. The zero-order valence-electron chi connectivity index (χ0n) is 8.85. The first-order valence-electron chi connectivity index (χ1n) is 4.97. The molecule has 86 valence electrons. The van der Waals surface area contributed by atoms with Gasteiger partial charge in [-0.25, -0.2) is 14.8 Å². The van der Waals surface area contributed by atoms with Crippen LogP contribution in [0.5, 0.6) is 5.75 Å². The van der Waals surface area contributed by atoms with Crippen LogP contribution >= 0.6 is 0 Å². The number of aromatic nitrogens is 2. The molecule has 0 aliphatic heterocycles. The number of carboxylic acids is 1. The summed E-state index contributed by atoms with van der Waals surface area (Å²) in [6.45, 7) is 0. The maximum absolute atomic E-state index is 11.1. The summed E-state index contributed by atoms with van der Waals surface area (Å²) in [7, 11) is 0. The van der Waals surface area contributed by atoms with Gasteiger partial charge < -0.3 is 9.84 Å². The van der Waals surface area contributed by atoms with Crippen molar-refractivity contribution in [3.05, 3.63) is 54.6 Å². The number of hydrogen-bond donors (Lipinski definition) is 1. The van der Waals surface area contributed by atoms with Crippen LogP contribution in [0.25, 0.3) is 0 Å². The number of carboxylic acid groups (broad SMARTS) is 1. The fourth-order valence-corrected chi connectivity index (χ4v) is 1.34. The summed E-state index contributed by atoms with van der Waals surface area (Å²) < 4.78 is 5.38. The molecule has 0 bridgehead atoms. The van der Waals surface area contributed by atoms with Gasteiger partial charge in [-0.2, -0.15) is 0 Å². The molecule has 0 spiro atoms. The number of hydrogen-bond acceptors (Lipinski definition) is 4. The van der Waals surface area contributed by atoms with Crippen LogP contribution in [-0.4, -0.2) is 21.0 Å². The van der Waals surface area contributed by atoms with Gasteiger partial charge in [-0.15, -0.1) is 0 Å². The number of ether oxygens (including phenoxy) is 1. The van der Waals surface area contributed by atoms with Gasteiger partial charge in [-0.05, 0) is 12.1 Å². The second kappa shape index (κ2) is 5.07. The van der Waals surface area contributed by atoms with Gasteiger partial charge in [-0.1, -0.05) is 18.2 Å². The van der Waals surface area contributed by atoms with Crippen molar-refractivity contribution in [2.75, 3.05) is 0 Å². The minimum absolute atomic E-state index is 0.406. The van der Waals surface area contributed by atoms with Crippen LogP contribution in [0.1, 0.15) is 11.7 Å². The minimum atomic E-state index is -1.10. The molecule has 1 aromatic heterocycles. The van der Waals surface area contributed by atoms with Gasteiger partial charge in [0.15, 0.2) is 0 Å². The third-order valence-electron chi connectivity index (χ3n) is 2.10. The second-order valence-corrected chi connectivity index (χ2v) is 3.32. The number of benzene rings is 1. The Bertz CT molecular complexity index is 488. The SMILES string of the molecule is O=C(O)C(Oc1ccccc1)c1cncnc1. The van der Waals surface area contributed by atoms with Crippen molar-refractivity contribution in [3.63, 3.8) is 0 Å². The van der Waals surface area contributed by atoms with Crippen LogP contribution in [-0.2, 0) is 4.79 Å². The third-order valence-corrected chi connectivity index (χ3v) is 2.10. The molecule has 2 aromatic rings. The molecule has 2 rings (SSSR count). The Hall–Kier alpha value is -2.43. The van der Waals surface area contributed by atoms with Crippen molar-refractivity contribution in [2.45, 2.75) is 6.10 Å². The molecule has 0 radical (unpaired) electrons. The molecule has 5 nitrogen and oxygen atoms in total. The zero-order chi connectivity index (χ0) is 12.1. The van der Waals surface area contributed by atoms with Crippen molar-refractivity contribution < 1.29 is 14.6 Å². The topological polar surface area (TPSA) is 72.3 Å². The summed E-state index contributed by atoms with van der Waals surface area (Å²) in [4.78, 5) is 18.7. The summed E-state index contributed by atoms with van der Waals surface area (Å²) in [5, 5.41) is 9.11.